The number of guanidine groups is 1. The van der Waals surface area contributed by atoms with E-state index in [2.05, 4.69) is 25.7 Å². The van der Waals surface area contributed by atoms with Crippen LogP contribution in [0, 0.1) is 6.92 Å². The SMILES string of the molecule is CCC(C)NC(=O)c1cccc(CNC(=NC)NCc2cc(C)ccc2OC(F)F)c1.I. The first-order valence-electron chi connectivity index (χ1n) is 10.2. The number of nitrogens with zero attached hydrogens (tertiary/aromatic N) is 1. The first-order valence-corrected chi connectivity index (χ1v) is 10.2. The van der Waals surface area contributed by atoms with Gasteiger partial charge in [0.2, 0.25) is 0 Å². The van der Waals surface area contributed by atoms with Crippen molar-refractivity contribution in [1.82, 2.24) is 16.0 Å². The van der Waals surface area contributed by atoms with Gasteiger partial charge in [0.25, 0.3) is 5.91 Å². The zero-order valence-corrected chi connectivity index (χ0v) is 21.1. The van der Waals surface area contributed by atoms with Crippen molar-refractivity contribution in [2.45, 2.75) is 52.9 Å². The lowest BCUT2D eigenvalue weighted by molar-refractivity contribution is -0.0504. The minimum Gasteiger partial charge on any atom is -0.434 e. The van der Waals surface area contributed by atoms with Crippen molar-refractivity contribution < 1.29 is 18.3 Å². The molecular weight excluding hydrogens is 529 g/mol. The molecule has 1 atom stereocenters. The molecule has 0 aliphatic rings. The van der Waals surface area contributed by atoms with Gasteiger partial charge in [0.1, 0.15) is 5.75 Å². The smallest absolute Gasteiger partial charge is 0.387 e. The summed E-state index contributed by atoms with van der Waals surface area (Å²) in [7, 11) is 1.62. The Balaban J connectivity index is 0.00000512. The highest BCUT2D eigenvalue weighted by molar-refractivity contribution is 14.0. The van der Waals surface area contributed by atoms with Gasteiger partial charge in [0.15, 0.2) is 5.96 Å². The number of alkyl halides is 2. The topological polar surface area (TPSA) is 74.8 Å². The van der Waals surface area contributed by atoms with E-state index in [1.165, 1.54) is 6.07 Å². The summed E-state index contributed by atoms with van der Waals surface area (Å²) in [5.41, 5.74) is 3.05. The molecule has 0 bridgehead atoms. The van der Waals surface area contributed by atoms with Crippen molar-refractivity contribution in [3.05, 3.63) is 64.7 Å². The Bertz CT molecular complexity index is 909. The standard InChI is InChI=1S/C23H30F2N4O2.HI/c1-5-16(3)29-21(30)18-8-6-7-17(12-18)13-27-23(26-4)28-14-19-11-15(2)9-10-20(19)31-22(24)25;/h6-12,16,22H,5,13-14H2,1-4H3,(H,29,30)(H2,26,27,28);1H. The number of carbonyl (C=O) groups excluding carboxylic acids is 1. The van der Waals surface area contributed by atoms with Crippen molar-refractivity contribution in [1.29, 1.82) is 0 Å². The molecule has 3 N–H and O–H groups in total. The second-order valence-electron chi connectivity index (χ2n) is 7.25. The molecule has 6 nitrogen and oxygen atoms in total. The number of ether oxygens (including phenoxy) is 1. The largest absolute Gasteiger partial charge is 0.434 e. The van der Waals surface area contributed by atoms with Gasteiger partial charge in [-0.3, -0.25) is 9.79 Å². The molecule has 9 heteroatoms. The number of nitrogens with one attached hydrogen (secondary N) is 3. The summed E-state index contributed by atoms with van der Waals surface area (Å²) in [6.45, 7) is 3.68. The lowest BCUT2D eigenvalue weighted by Crippen LogP contribution is -2.36. The van der Waals surface area contributed by atoms with Crippen molar-refractivity contribution in [2.75, 3.05) is 7.05 Å². The van der Waals surface area contributed by atoms with Crippen LogP contribution in [-0.4, -0.2) is 31.6 Å². The molecule has 0 fully saturated rings. The number of rotatable bonds is 9. The van der Waals surface area contributed by atoms with Gasteiger partial charge in [0, 0.05) is 37.3 Å². The molecule has 0 radical (unpaired) electrons. The average Bonchev–Trinajstić information content (AvgIpc) is 2.75. The highest BCUT2D eigenvalue weighted by Crippen LogP contribution is 2.22. The average molecular weight is 560 g/mol. The van der Waals surface area contributed by atoms with Gasteiger partial charge in [0.05, 0.1) is 0 Å². The number of amides is 1. The van der Waals surface area contributed by atoms with Crippen molar-refractivity contribution in [2.24, 2.45) is 4.99 Å². The highest BCUT2D eigenvalue weighted by atomic mass is 127. The summed E-state index contributed by atoms with van der Waals surface area (Å²) in [5, 5.41) is 9.22. The van der Waals surface area contributed by atoms with E-state index in [0.29, 0.717) is 23.6 Å². The van der Waals surface area contributed by atoms with Gasteiger partial charge in [-0.05, 0) is 44.0 Å². The lowest BCUT2D eigenvalue weighted by Gasteiger charge is -2.16. The molecule has 176 valence electrons. The monoisotopic (exact) mass is 560 g/mol. The van der Waals surface area contributed by atoms with Crippen LogP contribution in [0.3, 0.4) is 0 Å². The van der Waals surface area contributed by atoms with Gasteiger partial charge in [-0.2, -0.15) is 8.78 Å². The van der Waals surface area contributed by atoms with Crippen LogP contribution in [0.25, 0.3) is 0 Å². The van der Waals surface area contributed by atoms with Crippen LogP contribution in [-0.2, 0) is 13.1 Å². The zero-order valence-electron chi connectivity index (χ0n) is 18.7. The highest BCUT2D eigenvalue weighted by Gasteiger charge is 2.11. The minimum absolute atomic E-state index is 0. The van der Waals surface area contributed by atoms with Crippen LogP contribution in [0.2, 0.25) is 0 Å². The maximum absolute atomic E-state index is 12.6. The third-order valence-corrected chi connectivity index (χ3v) is 4.74. The predicted octanol–water partition coefficient (Wildman–Crippen LogP) is 4.61. The summed E-state index contributed by atoms with van der Waals surface area (Å²) in [4.78, 5) is 16.5. The maximum atomic E-state index is 12.6. The maximum Gasteiger partial charge on any atom is 0.387 e. The quantitative estimate of drug-likeness (QED) is 0.238. The Hall–Kier alpha value is -2.43. The molecule has 2 rings (SSSR count). The third kappa shape index (κ3) is 8.97. The van der Waals surface area contributed by atoms with Gasteiger partial charge in [-0.1, -0.05) is 36.8 Å². The van der Waals surface area contributed by atoms with Crippen LogP contribution in [0.4, 0.5) is 8.78 Å². The number of hydrogen-bond acceptors (Lipinski definition) is 3. The van der Waals surface area contributed by atoms with Crippen molar-refractivity contribution in [3.8, 4) is 5.75 Å². The number of benzene rings is 2. The van der Waals surface area contributed by atoms with E-state index in [4.69, 9.17) is 0 Å². The van der Waals surface area contributed by atoms with E-state index >= 15 is 0 Å². The molecule has 0 aliphatic carbocycles. The van der Waals surface area contributed by atoms with Crippen LogP contribution < -0.4 is 20.7 Å². The molecule has 0 saturated carbocycles. The second-order valence-corrected chi connectivity index (χ2v) is 7.25. The number of halogens is 3. The number of aliphatic imine (C=N–C) groups is 1. The molecule has 0 aliphatic heterocycles. The molecule has 0 heterocycles. The van der Waals surface area contributed by atoms with Gasteiger partial charge in [-0.15, -0.1) is 24.0 Å². The minimum atomic E-state index is -2.89. The Morgan fingerprint density at radius 1 is 1.12 bits per heavy atom. The number of hydrogen-bond donors (Lipinski definition) is 3. The van der Waals surface area contributed by atoms with E-state index in [-0.39, 0.29) is 48.2 Å². The molecule has 0 spiro atoms. The lowest BCUT2D eigenvalue weighted by atomic mass is 10.1. The van der Waals surface area contributed by atoms with Crippen LogP contribution in [0.1, 0.15) is 47.3 Å². The fourth-order valence-corrected chi connectivity index (χ4v) is 2.87. The number of carbonyl (C=O) groups is 1. The fourth-order valence-electron chi connectivity index (χ4n) is 2.87. The van der Waals surface area contributed by atoms with Gasteiger partial charge < -0.3 is 20.7 Å². The fraction of sp³-hybridized carbons (Fsp3) is 0.391. The molecule has 0 aromatic heterocycles. The Labute approximate surface area is 205 Å². The van der Waals surface area contributed by atoms with E-state index in [9.17, 15) is 13.6 Å². The molecule has 1 unspecified atom stereocenters. The molecule has 2 aromatic rings. The van der Waals surface area contributed by atoms with E-state index in [1.807, 2.05) is 39.0 Å². The Morgan fingerprint density at radius 3 is 2.50 bits per heavy atom. The summed E-state index contributed by atoms with van der Waals surface area (Å²) in [5.74, 6) is 0.521. The second kappa shape index (κ2) is 13.9. The molecule has 2 aromatic carbocycles. The Kier molecular flexibility index (Phi) is 12.0. The summed E-state index contributed by atoms with van der Waals surface area (Å²) >= 11 is 0. The van der Waals surface area contributed by atoms with Crippen LogP contribution >= 0.6 is 24.0 Å². The molecule has 0 saturated heterocycles. The number of aryl methyl sites for hydroxylation is 1. The van der Waals surface area contributed by atoms with Crippen LogP contribution in [0.15, 0.2) is 47.5 Å². The van der Waals surface area contributed by atoms with Crippen LogP contribution in [0.5, 0.6) is 5.75 Å². The van der Waals surface area contributed by atoms with Crippen molar-refractivity contribution in [3.63, 3.8) is 0 Å². The van der Waals surface area contributed by atoms with Crippen molar-refractivity contribution >= 4 is 35.8 Å². The molecule has 32 heavy (non-hydrogen) atoms. The third-order valence-electron chi connectivity index (χ3n) is 4.74. The molecule has 1 amide bonds. The van der Waals surface area contributed by atoms with Gasteiger partial charge in [-0.25, -0.2) is 0 Å². The van der Waals surface area contributed by atoms with E-state index < -0.39 is 6.61 Å². The summed E-state index contributed by atoms with van der Waals surface area (Å²) in [6, 6.07) is 12.5. The summed E-state index contributed by atoms with van der Waals surface area (Å²) < 4.78 is 29.9. The first kappa shape index (κ1) is 27.6. The van der Waals surface area contributed by atoms with E-state index in [0.717, 1.165) is 17.5 Å². The molecular formula is C23H31F2IN4O2. The predicted molar refractivity (Wildman–Crippen MR) is 134 cm³/mol. The van der Waals surface area contributed by atoms with Gasteiger partial charge >= 0.3 is 6.61 Å². The Morgan fingerprint density at radius 2 is 1.84 bits per heavy atom. The van der Waals surface area contributed by atoms with E-state index in [1.54, 1.807) is 25.2 Å². The summed E-state index contributed by atoms with van der Waals surface area (Å²) in [6.07, 6.45) is 0.861. The first-order chi connectivity index (χ1) is 14.8. The zero-order chi connectivity index (χ0) is 22.8. The normalized spacial score (nSPS) is 12.0.